The molecule has 6 heteroatoms. The van der Waals surface area contributed by atoms with Crippen LogP contribution in [0.2, 0.25) is 0 Å². The van der Waals surface area contributed by atoms with Gasteiger partial charge in [-0.25, -0.2) is 4.39 Å². The molecule has 0 saturated heterocycles. The molecule has 2 aromatic rings. The number of carbonyl (C=O) groups is 2. The number of halogens is 1. The second kappa shape index (κ2) is 8.59. The van der Waals surface area contributed by atoms with E-state index in [9.17, 15) is 14.0 Å². The largest absolute Gasteiger partial charge is 0.395 e. The van der Waals surface area contributed by atoms with Crippen LogP contribution in [-0.4, -0.2) is 30.1 Å². The molecule has 0 radical (unpaired) electrons. The molecular weight excluding hydrogens is 311 g/mol. The highest BCUT2D eigenvalue weighted by atomic mass is 19.1. The molecule has 0 bridgehead atoms. The first kappa shape index (κ1) is 17.4. The zero-order valence-electron chi connectivity index (χ0n) is 12.8. The minimum atomic E-state index is -0.544. The van der Waals surface area contributed by atoms with Crippen molar-refractivity contribution in [2.75, 3.05) is 13.2 Å². The van der Waals surface area contributed by atoms with E-state index < -0.39 is 17.6 Å². The number of aliphatic hydroxyl groups is 1. The summed E-state index contributed by atoms with van der Waals surface area (Å²) >= 11 is 0. The van der Waals surface area contributed by atoms with Gasteiger partial charge in [0.2, 0.25) is 0 Å². The summed E-state index contributed by atoms with van der Waals surface area (Å²) in [6.45, 7) is -0.164. The molecule has 0 spiro atoms. The Labute approximate surface area is 138 Å². The number of carbonyl (C=O) groups excluding carboxylic acids is 2. The highest BCUT2D eigenvalue weighted by Gasteiger charge is 2.14. The van der Waals surface area contributed by atoms with Crippen LogP contribution in [0, 0.1) is 5.82 Å². The van der Waals surface area contributed by atoms with Gasteiger partial charge in [0.25, 0.3) is 11.8 Å². The third-order valence-electron chi connectivity index (χ3n) is 3.11. The lowest BCUT2D eigenvalue weighted by Gasteiger charge is -2.10. The third kappa shape index (κ3) is 5.03. The smallest absolute Gasteiger partial charge is 0.267 e. The Kier molecular flexibility index (Phi) is 6.22. The van der Waals surface area contributed by atoms with Crippen molar-refractivity contribution in [2.24, 2.45) is 0 Å². The van der Waals surface area contributed by atoms with Crippen LogP contribution in [0.25, 0.3) is 6.08 Å². The molecule has 0 fully saturated rings. The van der Waals surface area contributed by atoms with Crippen molar-refractivity contribution < 1.29 is 19.1 Å². The van der Waals surface area contributed by atoms with E-state index >= 15 is 0 Å². The van der Waals surface area contributed by atoms with E-state index in [-0.39, 0.29) is 18.8 Å². The molecule has 2 rings (SSSR count). The third-order valence-corrected chi connectivity index (χ3v) is 3.11. The van der Waals surface area contributed by atoms with Crippen molar-refractivity contribution in [3.63, 3.8) is 0 Å². The van der Waals surface area contributed by atoms with Crippen LogP contribution in [0.3, 0.4) is 0 Å². The van der Waals surface area contributed by atoms with Crippen LogP contribution in [0.1, 0.15) is 15.9 Å². The minimum absolute atomic E-state index is 0.00362. The van der Waals surface area contributed by atoms with E-state index in [0.29, 0.717) is 11.1 Å². The maximum atomic E-state index is 13.0. The fourth-order valence-electron chi connectivity index (χ4n) is 1.93. The molecule has 0 aliphatic rings. The fraction of sp³-hybridized carbons (Fsp3) is 0.111. The number of aliphatic hydroxyl groups excluding tert-OH is 1. The van der Waals surface area contributed by atoms with Gasteiger partial charge in [0.05, 0.1) is 6.61 Å². The first-order chi connectivity index (χ1) is 11.6. The summed E-state index contributed by atoms with van der Waals surface area (Å²) in [4.78, 5) is 24.4. The first-order valence-electron chi connectivity index (χ1n) is 7.33. The van der Waals surface area contributed by atoms with Crippen molar-refractivity contribution >= 4 is 17.9 Å². The standard InChI is InChI=1S/C18H17FN2O3/c19-15-8-6-13(7-9-15)12-16(18(24)20-10-11-22)21-17(23)14-4-2-1-3-5-14/h1-9,12,22H,10-11H2,(H,20,24)(H,21,23)/b16-12-. The molecule has 124 valence electrons. The fourth-order valence-corrected chi connectivity index (χ4v) is 1.93. The summed E-state index contributed by atoms with van der Waals surface area (Å²) in [5.74, 6) is -1.38. The summed E-state index contributed by atoms with van der Waals surface area (Å²) in [6.07, 6.45) is 1.44. The second-order valence-corrected chi connectivity index (χ2v) is 4.91. The number of amides is 2. The van der Waals surface area contributed by atoms with Gasteiger partial charge in [0.15, 0.2) is 0 Å². The van der Waals surface area contributed by atoms with Crippen molar-refractivity contribution in [1.82, 2.24) is 10.6 Å². The van der Waals surface area contributed by atoms with Crippen LogP contribution in [0.5, 0.6) is 0 Å². The number of hydrogen-bond acceptors (Lipinski definition) is 3. The van der Waals surface area contributed by atoms with E-state index in [1.807, 2.05) is 0 Å². The molecule has 0 unspecified atom stereocenters. The zero-order chi connectivity index (χ0) is 17.4. The van der Waals surface area contributed by atoms with Gasteiger partial charge in [-0.1, -0.05) is 30.3 Å². The zero-order valence-corrected chi connectivity index (χ0v) is 12.8. The number of benzene rings is 2. The van der Waals surface area contributed by atoms with E-state index in [1.54, 1.807) is 30.3 Å². The molecule has 0 atom stereocenters. The van der Waals surface area contributed by atoms with E-state index in [2.05, 4.69) is 10.6 Å². The summed E-state index contributed by atoms with van der Waals surface area (Å²) in [7, 11) is 0. The molecule has 0 aromatic heterocycles. The maximum absolute atomic E-state index is 13.0. The quantitative estimate of drug-likeness (QED) is 0.706. The van der Waals surface area contributed by atoms with Gasteiger partial charge in [-0.15, -0.1) is 0 Å². The number of rotatable bonds is 6. The van der Waals surface area contributed by atoms with Gasteiger partial charge in [0.1, 0.15) is 11.5 Å². The lowest BCUT2D eigenvalue weighted by Crippen LogP contribution is -2.36. The van der Waals surface area contributed by atoms with Gasteiger partial charge in [-0.3, -0.25) is 9.59 Å². The Morgan fingerprint density at radius 3 is 2.33 bits per heavy atom. The Morgan fingerprint density at radius 2 is 1.71 bits per heavy atom. The monoisotopic (exact) mass is 328 g/mol. The Bertz CT molecular complexity index is 728. The van der Waals surface area contributed by atoms with Crippen LogP contribution in [-0.2, 0) is 4.79 Å². The summed E-state index contributed by atoms with van der Waals surface area (Å²) < 4.78 is 13.0. The van der Waals surface area contributed by atoms with Gasteiger partial charge < -0.3 is 15.7 Å². The molecular formula is C18H17FN2O3. The van der Waals surface area contributed by atoms with Gasteiger partial charge in [-0.2, -0.15) is 0 Å². The van der Waals surface area contributed by atoms with Gasteiger partial charge in [0, 0.05) is 12.1 Å². The maximum Gasteiger partial charge on any atom is 0.267 e. The topological polar surface area (TPSA) is 78.4 Å². The van der Waals surface area contributed by atoms with Gasteiger partial charge >= 0.3 is 0 Å². The number of nitrogens with one attached hydrogen (secondary N) is 2. The summed E-state index contributed by atoms with van der Waals surface area (Å²) in [5.41, 5.74) is 0.959. The molecule has 0 heterocycles. The molecule has 2 aromatic carbocycles. The minimum Gasteiger partial charge on any atom is -0.395 e. The average Bonchev–Trinajstić information content (AvgIpc) is 2.61. The SMILES string of the molecule is O=C(NCCO)/C(=C/c1ccc(F)cc1)NC(=O)c1ccccc1. The Hall–Kier alpha value is -2.99. The molecule has 0 aliphatic heterocycles. The van der Waals surface area contributed by atoms with Gasteiger partial charge in [-0.05, 0) is 35.9 Å². The molecule has 5 nitrogen and oxygen atoms in total. The molecule has 3 N–H and O–H groups in total. The van der Waals surface area contributed by atoms with E-state index in [4.69, 9.17) is 5.11 Å². The van der Waals surface area contributed by atoms with Crippen molar-refractivity contribution in [3.8, 4) is 0 Å². The van der Waals surface area contributed by atoms with Crippen molar-refractivity contribution in [3.05, 3.63) is 77.2 Å². The molecule has 0 saturated carbocycles. The Morgan fingerprint density at radius 1 is 1.04 bits per heavy atom. The second-order valence-electron chi connectivity index (χ2n) is 4.91. The van der Waals surface area contributed by atoms with Crippen LogP contribution in [0.4, 0.5) is 4.39 Å². The highest BCUT2D eigenvalue weighted by molar-refractivity contribution is 6.05. The average molecular weight is 328 g/mol. The van der Waals surface area contributed by atoms with Crippen molar-refractivity contribution in [1.29, 1.82) is 0 Å². The lowest BCUT2D eigenvalue weighted by atomic mass is 10.1. The van der Waals surface area contributed by atoms with Crippen molar-refractivity contribution in [2.45, 2.75) is 0 Å². The Balaban J connectivity index is 2.23. The van der Waals surface area contributed by atoms with Crippen LogP contribution >= 0.6 is 0 Å². The molecule has 24 heavy (non-hydrogen) atoms. The molecule has 0 aliphatic carbocycles. The lowest BCUT2D eigenvalue weighted by molar-refractivity contribution is -0.117. The van der Waals surface area contributed by atoms with E-state index in [1.165, 1.54) is 30.3 Å². The normalized spacial score (nSPS) is 11.0. The van der Waals surface area contributed by atoms with Crippen LogP contribution < -0.4 is 10.6 Å². The van der Waals surface area contributed by atoms with Crippen LogP contribution in [0.15, 0.2) is 60.3 Å². The van der Waals surface area contributed by atoms with E-state index in [0.717, 1.165) is 0 Å². The molecule has 2 amide bonds. The summed E-state index contributed by atoms with van der Waals surface area (Å²) in [5, 5.41) is 13.8. The first-order valence-corrected chi connectivity index (χ1v) is 7.33. The summed E-state index contributed by atoms with van der Waals surface area (Å²) in [6, 6.07) is 13.9. The predicted octanol–water partition coefficient (Wildman–Crippen LogP) is 1.71. The highest BCUT2D eigenvalue weighted by Crippen LogP contribution is 2.08. The number of hydrogen-bond donors (Lipinski definition) is 3. The predicted molar refractivity (Wildman–Crippen MR) is 88.4 cm³/mol.